The average Bonchev–Trinajstić information content (AvgIpc) is 2.82. The molecule has 0 aliphatic rings. The first-order chi connectivity index (χ1) is 8.16. The van der Waals surface area contributed by atoms with E-state index in [-0.39, 0.29) is 11.6 Å². The minimum absolute atomic E-state index is 0.0680. The maximum Gasteiger partial charge on any atom is 0.335 e. The maximum atomic E-state index is 10.8. The monoisotopic (exact) mass is 232 g/mol. The maximum absolute atomic E-state index is 10.8. The van der Waals surface area contributed by atoms with Crippen LogP contribution in [0, 0.1) is 0 Å². The summed E-state index contributed by atoms with van der Waals surface area (Å²) in [7, 11) is 0. The minimum Gasteiger partial charge on any atom is -0.478 e. The van der Waals surface area contributed by atoms with Gasteiger partial charge in [0.15, 0.2) is 0 Å². The van der Waals surface area contributed by atoms with Gasteiger partial charge in [-0.05, 0) is 31.2 Å². The first-order valence-electron chi connectivity index (χ1n) is 5.16. The summed E-state index contributed by atoms with van der Waals surface area (Å²) in [4.78, 5) is 14.8. The number of aromatic nitrogens is 1. The number of carbonyl (C=O) groups is 1. The van der Waals surface area contributed by atoms with Crippen LogP contribution in [0.3, 0.4) is 0 Å². The highest BCUT2D eigenvalue weighted by Gasteiger charge is 2.10. The smallest absolute Gasteiger partial charge is 0.335 e. The molecule has 5 heteroatoms. The van der Waals surface area contributed by atoms with Gasteiger partial charge in [-0.3, -0.25) is 0 Å². The Morgan fingerprint density at radius 2 is 2.35 bits per heavy atom. The highest BCUT2D eigenvalue weighted by atomic mass is 16.4. The van der Waals surface area contributed by atoms with Gasteiger partial charge in [0.25, 0.3) is 0 Å². The molecule has 0 saturated carbocycles. The highest BCUT2D eigenvalue weighted by molar-refractivity contribution is 5.88. The van der Waals surface area contributed by atoms with Crippen LogP contribution in [-0.2, 0) is 0 Å². The molecule has 0 bridgehead atoms. The molecular formula is C12H12N2O3. The fourth-order valence-corrected chi connectivity index (χ4v) is 1.47. The molecule has 0 aromatic carbocycles. The molecule has 2 rings (SSSR count). The molecular weight excluding hydrogens is 220 g/mol. The molecule has 2 aromatic heterocycles. The van der Waals surface area contributed by atoms with E-state index < -0.39 is 5.97 Å². The predicted octanol–water partition coefficient (Wildman–Crippen LogP) is 2.55. The summed E-state index contributed by atoms with van der Waals surface area (Å²) in [5.74, 6) is 0.308. The number of hydrogen-bond acceptors (Lipinski definition) is 4. The van der Waals surface area contributed by atoms with E-state index in [0.29, 0.717) is 5.82 Å². The SMILES string of the molecule is CC(Nc1cc(C(=O)O)ccn1)c1ccco1. The summed E-state index contributed by atoms with van der Waals surface area (Å²) < 4.78 is 5.24. The van der Waals surface area contributed by atoms with Crippen molar-refractivity contribution in [2.45, 2.75) is 13.0 Å². The summed E-state index contributed by atoms with van der Waals surface area (Å²) in [6.45, 7) is 1.91. The first kappa shape index (κ1) is 11.2. The number of carboxylic acid groups (broad SMARTS) is 1. The van der Waals surface area contributed by atoms with Crippen LogP contribution in [-0.4, -0.2) is 16.1 Å². The van der Waals surface area contributed by atoms with E-state index in [2.05, 4.69) is 10.3 Å². The molecule has 0 fully saturated rings. The largest absolute Gasteiger partial charge is 0.478 e. The molecule has 0 saturated heterocycles. The molecule has 88 valence electrons. The third kappa shape index (κ3) is 2.63. The van der Waals surface area contributed by atoms with Gasteiger partial charge < -0.3 is 14.8 Å². The number of nitrogens with one attached hydrogen (secondary N) is 1. The van der Waals surface area contributed by atoms with Crippen LogP contribution < -0.4 is 5.32 Å². The quantitative estimate of drug-likeness (QED) is 0.847. The van der Waals surface area contributed by atoms with Gasteiger partial charge in [0.2, 0.25) is 0 Å². The molecule has 2 aromatic rings. The zero-order valence-electron chi connectivity index (χ0n) is 9.25. The second kappa shape index (κ2) is 4.69. The molecule has 17 heavy (non-hydrogen) atoms. The Balaban J connectivity index is 2.13. The van der Waals surface area contributed by atoms with E-state index in [4.69, 9.17) is 9.52 Å². The number of anilines is 1. The molecule has 2 N–H and O–H groups in total. The van der Waals surface area contributed by atoms with Crippen molar-refractivity contribution >= 4 is 11.8 Å². The number of carboxylic acids is 1. The predicted molar refractivity (Wildman–Crippen MR) is 61.9 cm³/mol. The Labute approximate surface area is 98.1 Å². The summed E-state index contributed by atoms with van der Waals surface area (Å²) >= 11 is 0. The Hall–Kier alpha value is -2.30. The number of hydrogen-bond donors (Lipinski definition) is 2. The van der Waals surface area contributed by atoms with E-state index in [0.717, 1.165) is 5.76 Å². The standard InChI is InChI=1S/C12H12N2O3/c1-8(10-3-2-6-17-10)14-11-7-9(12(15)16)4-5-13-11/h2-8H,1H3,(H,13,14)(H,15,16). The Bertz CT molecular complexity index is 508. The zero-order valence-corrected chi connectivity index (χ0v) is 9.25. The van der Waals surface area contributed by atoms with Gasteiger partial charge in [0, 0.05) is 6.20 Å². The molecule has 5 nitrogen and oxygen atoms in total. The third-order valence-electron chi connectivity index (χ3n) is 2.34. The average molecular weight is 232 g/mol. The minimum atomic E-state index is -0.971. The van der Waals surface area contributed by atoms with Crippen molar-refractivity contribution in [3.63, 3.8) is 0 Å². The van der Waals surface area contributed by atoms with Crippen molar-refractivity contribution in [1.82, 2.24) is 4.98 Å². The second-order valence-electron chi connectivity index (χ2n) is 3.62. The van der Waals surface area contributed by atoms with Gasteiger partial charge in [-0.1, -0.05) is 0 Å². The molecule has 1 unspecified atom stereocenters. The van der Waals surface area contributed by atoms with Crippen molar-refractivity contribution in [3.8, 4) is 0 Å². The Morgan fingerprint density at radius 3 is 3.00 bits per heavy atom. The van der Waals surface area contributed by atoms with E-state index in [1.165, 1.54) is 18.3 Å². The van der Waals surface area contributed by atoms with Gasteiger partial charge in [0.05, 0.1) is 17.9 Å². The lowest BCUT2D eigenvalue weighted by Gasteiger charge is -2.12. The summed E-state index contributed by atoms with van der Waals surface area (Å²) in [5.41, 5.74) is 0.203. The van der Waals surface area contributed by atoms with Crippen molar-refractivity contribution in [3.05, 3.63) is 48.0 Å². The highest BCUT2D eigenvalue weighted by Crippen LogP contribution is 2.18. The van der Waals surface area contributed by atoms with Gasteiger partial charge in [0.1, 0.15) is 11.6 Å². The van der Waals surface area contributed by atoms with Crippen molar-refractivity contribution in [1.29, 1.82) is 0 Å². The molecule has 0 aliphatic carbocycles. The first-order valence-corrected chi connectivity index (χ1v) is 5.16. The molecule has 0 aliphatic heterocycles. The number of pyridine rings is 1. The molecule has 0 amide bonds. The zero-order chi connectivity index (χ0) is 12.3. The van der Waals surface area contributed by atoms with E-state index in [9.17, 15) is 4.79 Å². The summed E-state index contributed by atoms with van der Waals surface area (Å²) in [6.07, 6.45) is 3.05. The number of furan rings is 1. The second-order valence-corrected chi connectivity index (χ2v) is 3.62. The van der Waals surface area contributed by atoms with E-state index >= 15 is 0 Å². The van der Waals surface area contributed by atoms with E-state index in [1.807, 2.05) is 13.0 Å². The topological polar surface area (TPSA) is 75.4 Å². The lowest BCUT2D eigenvalue weighted by molar-refractivity contribution is 0.0697. The number of rotatable bonds is 4. The van der Waals surface area contributed by atoms with Crippen LogP contribution in [0.5, 0.6) is 0 Å². The number of aromatic carboxylic acids is 1. The van der Waals surface area contributed by atoms with Crippen LogP contribution >= 0.6 is 0 Å². The Morgan fingerprint density at radius 1 is 1.53 bits per heavy atom. The summed E-state index contributed by atoms with van der Waals surface area (Å²) in [6, 6.07) is 6.52. The van der Waals surface area contributed by atoms with Gasteiger partial charge in [-0.15, -0.1) is 0 Å². The van der Waals surface area contributed by atoms with Crippen molar-refractivity contribution in [2.75, 3.05) is 5.32 Å². The lowest BCUT2D eigenvalue weighted by Crippen LogP contribution is -2.08. The molecule has 0 radical (unpaired) electrons. The lowest BCUT2D eigenvalue weighted by atomic mass is 10.2. The van der Waals surface area contributed by atoms with Crippen LogP contribution in [0.2, 0.25) is 0 Å². The number of nitrogens with zero attached hydrogens (tertiary/aromatic N) is 1. The van der Waals surface area contributed by atoms with Crippen LogP contribution in [0.25, 0.3) is 0 Å². The van der Waals surface area contributed by atoms with Gasteiger partial charge in [-0.25, -0.2) is 9.78 Å². The van der Waals surface area contributed by atoms with Crippen LogP contribution in [0.4, 0.5) is 5.82 Å². The van der Waals surface area contributed by atoms with E-state index in [1.54, 1.807) is 12.3 Å². The fraction of sp³-hybridized carbons (Fsp3) is 0.167. The fourth-order valence-electron chi connectivity index (χ4n) is 1.47. The third-order valence-corrected chi connectivity index (χ3v) is 2.34. The molecule has 1 atom stereocenters. The van der Waals surface area contributed by atoms with Gasteiger partial charge in [-0.2, -0.15) is 0 Å². The molecule has 2 heterocycles. The van der Waals surface area contributed by atoms with Crippen molar-refractivity contribution in [2.24, 2.45) is 0 Å². The van der Waals surface area contributed by atoms with Crippen LogP contribution in [0.1, 0.15) is 29.1 Å². The van der Waals surface area contributed by atoms with Crippen molar-refractivity contribution < 1.29 is 14.3 Å². The summed E-state index contributed by atoms with van der Waals surface area (Å²) in [5, 5.41) is 11.9. The van der Waals surface area contributed by atoms with Gasteiger partial charge >= 0.3 is 5.97 Å². The normalized spacial score (nSPS) is 12.1. The van der Waals surface area contributed by atoms with Crippen LogP contribution in [0.15, 0.2) is 41.1 Å². The Kier molecular flexibility index (Phi) is 3.09. The molecule has 0 spiro atoms.